The Kier molecular flexibility index (Phi) is 6.44. The maximum Gasteiger partial charge on any atom is 0.0622 e. The van der Waals surface area contributed by atoms with Gasteiger partial charge in [0.2, 0.25) is 0 Å². The second kappa shape index (κ2) is 8.30. The van der Waals surface area contributed by atoms with E-state index in [9.17, 15) is 10.2 Å². The Bertz CT molecular complexity index is 639. The zero-order valence-corrected chi connectivity index (χ0v) is 21.6. The largest absolute Gasteiger partial charge is 0.390 e. The van der Waals surface area contributed by atoms with Gasteiger partial charge < -0.3 is 10.2 Å². The fourth-order valence-electron chi connectivity index (χ4n) is 9.56. The summed E-state index contributed by atoms with van der Waals surface area (Å²) in [6.07, 6.45) is 16.1. The molecule has 0 amide bonds. The van der Waals surface area contributed by atoms with Crippen molar-refractivity contribution in [1.82, 2.24) is 0 Å². The van der Waals surface area contributed by atoms with E-state index < -0.39 is 11.2 Å². The van der Waals surface area contributed by atoms with E-state index in [0.29, 0.717) is 10.8 Å². The summed E-state index contributed by atoms with van der Waals surface area (Å²) >= 11 is 0. The summed E-state index contributed by atoms with van der Waals surface area (Å²) in [5.41, 5.74) is 0.0426. The van der Waals surface area contributed by atoms with Crippen molar-refractivity contribution in [1.29, 1.82) is 0 Å². The highest BCUT2D eigenvalue weighted by molar-refractivity contribution is 5.09. The van der Waals surface area contributed by atoms with Crippen molar-refractivity contribution in [2.24, 2.45) is 46.3 Å². The molecular formula is C29H52O2. The lowest BCUT2D eigenvalue weighted by Crippen LogP contribution is -2.52. The second-order valence-corrected chi connectivity index (χ2v) is 13.8. The molecule has 5 unspecified atom stereocenters. The first kappa shape index (κ1) is 24.1. The van der Waals surface area contributed by atoms with Crippen molar-refractivity contribution in [3.05, 3.63) is 0 Å². The minimum atomic E-state index is -0.489. The van der Waals surface area contributed by atoms with Crippen LogP contribution in [0.25, 0.3) is 0 Å². The minimum Gasteiger partial charge on any atom is -0.390 e. The SMILES string of the molecule is CCC(C)(O)CC[C@@H](C)[C@H]1CCC2C3CCC4C[C@@](C)(O)CC[C@]4(C)C3CCC[C@@]21C. The van der Waals surface area contributed by atoms with Gasteiger partial charge in [0.05, 0.1) is 11.2 Å². The average molecular weight is 433 g/mol. The molecule has 10 atom stereocenters. The molecule has 180 valence electrons. The minimum absolute atomic E-state index is 0.427. The number of hydrogen-bond acceptors (Lipinski definition) is 2. The summed E-state index contributed by atoms with van der Waals surface area (Å²) < 4.78 is 0. The Morgan fingerprint density at radius 1 is 0.935 bits per heavy atom. The van der Waals surface area contributed by atoms with Gasteiger partial charge in [0.1, 0.15) is 0 Å². The van der Waals surface area contributed by atoms with Gasteiger partial charge in [-0.05, 0) is 137 Å². The van der Waals surface area contributed by atoms with Crippen LogP contribution < -0.4 is 0 Å². The Balaban J connectivity index is 1.51. The molecule has 0 aromatic rings. The van der Waals surface area contributed by atoms with E-state index in [2.05, 4.69) is 34.6 Å². The molecule has 4 fully saturated rings. The normalized spacial score (nSPS) is 50.5. The zero-order valence-electron chi connectivity index (χ0n) is 21.6. The van der Waals surface area contributed by atoms with Gasteiger partial charge in [-0.1, -0.05) is 34.1 Å². The van der Waals surface area contributed by atoms with Crippen LogP contribution in [-0.2, 0) is 0 Å². The van der Waals surface area contributed by atoms with Crippen LogP contribution in [0, 0.1) is 46.3 Å². The van der Waals surface area contributed by atoms with Crippen LogP contribution in [-0.4, -0.2) is 21.4 Å². The predicted octanol–water partition coefficient (Wildman–Crippen LogP) is 7.36. The predicted molar refractivity (Wildman–Crippen MR) is 130 cm³/mol. The van der Waals surface area contributed by atoms with Gasteiger partial charge in [-0.2, -0.15) is 0 Å². The molecule has 4 saturated carbocycles. The Labute approximate surface area is 193 Å². The van der Waals surface area contributed by atoms with Gasteiger partial charge in [0.25, 0.3) is 0 Å². The van der Waals surface area contributed by atoms with Gasteiger partial charge in [-0.25, -0.2) is 0 Å². The molecule has 2 heteroatoms. The summed E-state index contributed by atoms with van der Waals surface area (Å²) in [4.78, 5) is 0. The van der Waals surface area contributed by atoms with Crippen LogP contribution in [0.5, 0.6) is 0 Å². The maximum absolute atomic E-state index is 10.8. The third-order valence-electron chi connectivity index (χ3n) is 11.9. The van der Waals surface area contributed by atoms with Crippen molar-refractivity contribution in [2.45, 2.75) is 136 Å². The van der Waals surface area contributed by atoms with E-state index in [-0.39, 0.29) is 0 Å². The topological polar surface area (TPSA) is 40.5 Å². The lowest BCUT2D eigenvalue weighted by atomic mass is 9.48. The first-order valence-corrected chi connectivity index (χ1v) is 13.9. The Morgan fingerprint density at radius 3 is 2.35 bits per heavy atom. The van der Waals surface area contributed by atoms with Crippen molar-refractivity contribution < 1.29 is 10.2 Å². The molecule has 0 spiro atoms. The van der Waals surface area contributed by atoms with E-state index in [1.54, 1.807) is 0 Å². The third kappa shape index (κ3) is 4.27. The summed E-state index contributed by atoms with van der Waals surface area (Å²) in [5.74, 6) is 4.98. The summed E-state index contributed by atoms with van der Waals surface area (Å²) in [5, 5.41) is 21.3. The Morgan fingerprint density at radius 2 is 1.65 bits per heavy atom. The molecule has 4 aliphatic rings. The number of hydrogen-bond donors (Lipinski definition) is 2. The molecule has 0 bridgehead atoms. The summed E-state index contributed by atoms with van der Waals surface area (Å²) in [7, 11) is 0. The molecule has 2 N–H and O–H groups in total. The fraction of sp³-hybridized carbons (Fsp3) is 1.00. The standard InChI is InChI=1S/C29H52O2/c1-7-26(3,30)16-14-20(2)23-12-13-25-22-11-10-21-19-27(4,31)17-18-28(21,5)24(22)9-8-15-29(23,25)6/h20-25,30-31H,7-19H2,1-6H3/t20-,21?,22?,23-,24?,25?,26?,27+,28+,29-/m1/s1. The number of rotatable bonds is 5. The highest BCUT2D eigenvalue weighted by Gasteiger charge is 2.59. The fourth-order valence-corrected chi connectivity index (χ4v) is 9.56. The van der Waals surface area contributed by atoms with Gasteiger partial charge in [0, 0.05) is 0 Å². The molecule has 0 aromatic heterocycles. The van der Waals surface area contributed by atoms with E-state index in [1.165, 1.54) is 57.8 Å². The quantitative estimate of drug-likeness (QED) is 0.476. The van der Waals surface area contributed by atoms with Crippen LogP contribution in [0.2, 0.25) is 0 Å². The molecule has 2 nitrogen and oxygen atoms in total. The van der Waals surface area contributed by atoms with Gasteiger partial charge in [0.15, 0.2) is 0 Å². The molecule has 0 aliphatic heterocycles. The van der Waals surface area contributed by atoms with Crippen molar-refractivity contribution >= 4 is 0 Å². The van der Waals surface area contributed by atoms with Gasteiger partial charge in [-0.15, -0.1) is 0 Å². The third-order valence-corrected chi connectivity index (χ3v) is 11.9. The van der Waals surface area contributed by atoms with E-state index in [0.717, 1.165) is 61.2 Å². The van der Waals surface area contributed by atoms with Crippen LogP contribution >= 0.6 is 0 Å². The smallest absolute Gasteiger partial charge is 0.0622 e. The lowest BCUT2D eigenvalue weighted by Gasteiger charge is -2.58. The molecule has 31 heavy (non-hydrogen) atoms. The molecule has 0 aromatic carbocycles. The number of aliphatic hydroxyl groups is 2. The summed E-state index contributed by atoms with van der Waals surface area (Å²) in [6, 6.07) is 0. The average Bonchev–Trinajstić information content (AvgIpc) is 2.96. The van der Waals surface area contributed by atoms with Crippen molar-refractivity contribution in [3.63, 3.8) is 0 Å². The van der Waals surface area contributed by atoms with Gasteiger partial charge >= 0.3 is 0 Å². The van der Waals surface area contributed by atoms with E-state index in [4.69, 9.17) is 0 Å². The first-order chi connectivity index (χ1) is 14.4. The van der Waals surface area contributed by atoms with Crippen molar-refractivity contribution in [3.8, 4) is 0 Å². The van der Waals surface area contributed by atoms with Crippen LogP contribution in [0.15, 0.2) is 0 Å². The maximum atomic E-state index is 10.8. The molecule has 4 rings (SSSR count). The van der Waals surface area contributed by atoms with Crippen molar-refractivity contribution in [2.75, 3.05) is 0 Å². The lowest BCUT2D eigenvalue weighted by molar-refractivity contribution is -0.121. The van der Waals surface area contributed by atoms with E-state index in [1.807, 2.05) is 6.92 Å². The molecule has 0 saturated heterocycles. The number of fused-ring (bicyclic) bond motifs is 5. The monoisotopic (exact) mass is 432 g/mol. The van der Waals surface area contributed by atoms with Crippen LogP contribution in [0.3, 0.4) is 0 Å². The molecule has 0 heterocycles. The van der Waals surface area contributed by atoms with E-state index >= 15 is 0 Å². The second-order valence-electron chi connectivity index (χ2n) is 13.8. The highest BCUT2D eigenvalue weighted by Crippen LogP contribution is 2.67. The molecule has 4 aliphatic carbocycles. The first-order valence-electron chi connectivity index (χ1n) is 13.9. The van der Waals surface area contributed by atoms with Crippen LogP contribution in [0.4, 0.5) is 0 Å². The van der Waals surface area contributed by atoms with Gasteiger partial charge in [-0.3, -0.25) is 0 Å². The van der Waals surface area contributed by atoms with Crippen LogP contribution in [0.1, 0.15) is 125 Å². The summed E-state index contributed by atoms with van der Waals surface area (Å²) in [6.45, 7) is 14.0. The Hall–Kier alpha value is -0.0800. The molecular weight excluding hydrogens is 380 g/mol. The highest BCUT2D eigenvalue weighted by atomic mass is 16.3. The molecule has 0 radical (unpaired) electrons. The zero-order chi connectivity index (χ0) is 22.7.